The number of aryl methyl sites for hydroxylation is 2. The smallest absolute Gasteiger partial charge is 0.271 e. The number of hydrogen-bond donors (Lipinski definition) is 1. The number of nitrogens with one attached hydrogen (secondary N) is 1. The summed E-state index contributed by atoms with van der Waals surface area (Å²) < 4.78 is 13.3. The van der Waals surface area contributed by atoms with Gasteiger partial charge >= 0.3 is 0 Å². The highest BCUT2D eigenvalue weighted by Gasteiger charge is 2.09. The van der Waals surface area contributed by atoms with Gasteiger partial charge in [0.1, 0.15) is 11.5 Å². The molecule has 1 aromatic heterocycles. The zero-order chi connectivity index (χ0) is 21.7. The van der Waals surface area contributed by atoms with Crippen LogP contribution in [0, 0.1) is 13.8 Å². The lowest BCUT2D eigenvalue weighted by molar-refractivity contribution is 0.0955. The summed E-state index contributed by atoms with van der Waals surface area (Å²) in [6, 6.07) is 13.0. The molecule has 1 N–H and O–H groups in total. The summed E-state index contributed by atoms with van der Waals surface area (Å²) in [5, 5.41) is 8.51. The van der Waals surface area contributed by atoms with Gasteiger partial charge in [0, 0.05) is 22.9 Å². The average molecular weight is 471 g/mol. The number of nitrogens with zero attached hydrogens (tertiary/aromatic N) is 3. The van der Waals surface area contributed by atoms with Crippen LogP contribution in [0.15, 0.2) is 52.0 Å². The number of carbonyl (C=O) groups excluding carboxylic acids is 1. The predicted molar refractivity (Wildman–Crippen MR) is 120 cm³/mol. The van der Waals surface area contributed by atoms with E-state index in [0.29, 0.717) is 29.2 Å². The molecule has 0 atom stereocenters. The molecular weight excluding hydrogens is 448 g/mol. The normalized spacial score (nSPS) is 11.0. The monoisotopic (exact) mass is 470 g/mol. The Hall–Kier alpha value is -3.13. The number of amides is 1. The first-order valence-electron chi connectivity index (χ1n) is 9.26. The van der Waals surface area contributed by atoms with Gasteiger partial charge in [0.25, 0.3) is 5.91 Å². The predicted octanol–water partition coefficient (Wildman–Crippen LogP) is 4.09. The molecule has 0 aliphatic heterocycles. The summed E-state index contributed by atoms with van der Waals surface area (Å²) >= 11 is 3.43. The molecule has 0 bridgehead atoms. The Morgan fingerprint density at radius 2 is 1.83 bits per heavy atom. The van der Waals surface area contributed by atoms with Crippen molar-refractivity contribution in [3.05, 3.63) is 75.0 Å². The van der Waals surface area contributed by atoms with Crippen molar-refractivity contribution in [1.82, 2.24) is 15.2 Å². The molecule has 156 valence electrons. The minimum Gasteiger partial charge on any atom is -0.496 e. The van der Waals surface area contributed by atoms with Crippen LogP contribution in [0.2, 0.25) is 0 Å². The minimum atomic E-state index is -0.296. The van der Waals surface area contributed by atoms with Crippen LogP contribution in [0.25, 0.3) is 0 Å². The first-order valence-corrected chi connectivity index (χ1v) is 10.1. The van der Waals surface area contributed by atoms with Crippen molar-refractivity contribution in [2.45, 2.75) is 20.4 Å². The maximum absolute atomic E-state index is 12.4. The molecule has 0 radical (unpaired) electrons. The van der Waals surface area contributed by atoms with Crippen molar-refractivity contribution in [2.75, 3.05) is 14.2 Å². The molecule has 1 amide bonds. The summed E-state index contributed by atoms with van der Waals surface area (Å²) in [6.07, 6.45) is 1.53. The molecule has 2 aromatic carbocycles. The fourth-order valence-corrected chi connectivity index (χ4v) is 3.50. The molecule has 0 spiro atoms. The van der Waals surface area contributed by atoms with Crippen LogP contribution in [0.4, 0.5) is 0 Å². The van der Waals surface area contributed by atoms with Crippen molar-refractivity contribution in [1.29, 1.82) is 0 Å². The van der Waals surface area contributed by atoms with Gasteiger partial charge in [0.05, 0.1) is 37.1 Å². The summed E-state index contributed by atoms with van der Waals surface area (Å²) in [5.41, 5.74) is 6.91. The van der Waals surface area contributed by atoms with Crippen LogP contribution in [0.5, 0.6) is 11.5 Å². The largest absolute Gasteiger partial charge is 0.496 e. The van der Waals surface area contributed by atoms with Crippen LogP contribution >= 0.6 is 15.9 Å². The highest BCUT2D eigenvalue weighted by Crippen LogP contribution is 2.31. The quantitative estimate of drug-likeness (QED) is 0.416. The highest BCUT2D eigenvalue weighted by molar-refractivity contribution is 9.10. The molecule has 0 unspecified atom stereocenters. The maximum atomic E-state index is 12.4. The van der Waals surface area contributed by atoms with E-state index in [9.17, 15) is 4.79 Å². The van der Waals surface area contributed by atoms with Crippen molar-refractivity contribution < 1.29 is 14.3 Å². The van der Waals surface area contributed by atoms with E-state index < -0.39 is 0 Å². The van der Waals surface area contributed by atoms with Crippen LogP contribution in [0.1, 0.15) is 32.9 Å². The lowest BCUT2D eigenvalue weighted by Crippen LogP contribution is -2.17. The van der Waals surface area contributed by atoms with Gasteiger partial charge in [-0.3, -0.25) is 9.48 Å². The van der Waals surface area contributed by atoms with E-state index >= 15 is 0 Å². The molecule has 0 aliphatic carbocycles. The van der Waals surface area contributed by atoms with Gasteiger partial charge in [-0.2, -0.15) is 10.2 Å². The minimum absolute atomic E-state index is 0.296. The number of halogens is 1. The van der Waals surface area contributed by atoms with E-state index in [2.05, 4.69) is 31.6 Å². The molecule has 3 rings (SSSR count). The number of methoxy groups -OCH3 is 2. The van der Waals surface area contributed by atoms with Crippen molar-refractivity contribution >= 4 is 28.1 Å². The van der Waals surface area contributed by atoms with Crippen LogP contribution < -0.4 is 14.9 Å². The van der Waals surface area contributed by atoms with Crippen LogP contribution in [-0.4, -0.2) is 36.1 Å². The first-order chi connectivity index (χ1) is 14.4. The van der Waals surface area contributed by atoms with E-state index in [0.717, 1.165) is 21.4 Å². The van der Waals surface area contributed by atoms with Crippen molar-refractivity contribution in [3.63, 3.8) is 0 Å². The first kappa shape index (κ1) is 21.6. The Labute approximate surface area is 183 Å². The molecule has 0 fully saturated rings. The summed E-state index contributed by atoms with van der Waals surface area (Å²) in [7, 11) is 3.14. The van der Waals surface area contributed by atoms with Gasteiger partial charge in [-0.15, -0.1) is 0 Å². The third kappa shape index (κ3) is 5.07. The Balaban J connectivity index is 1.65. The highest BCUT2D eigenvalue weighted by atomic mass is 79.9. The standard InChI is InChI=1S/C22H23BrN4O3/c1-14-9-15(2)27(26-14)13-16-5-7-17(8-6-16)22(28)25-24-12-18-10-19(23)21(30-4)11-20(18)29-3/h5-12H,13H2,1-4H3,(H,25,28). The Kier molecular flexibility index (Phi) is 6.89. The van der Waals surface area contributed by atoms with E-state index in [-0.39, 0.29) is 5.91 Å². The second kappa shape index (κ2) is 9.58. The van der Waals surface area contributed by atoms with E-state index in [1.54, 1.807) is 38.5 Å². The topological polar surface area (TPSA) is 77.7 Å². The van der Waals surface area contributed by atoms with E-state index in [1.807, 2.05) is 36.7 Å². The zero-order valence-electron chi connectivity index (χ0n) is 17.3. The molecule has 3 aromatic rings. The van der Waals surface area contributed by atoms with E-state index in [1.165, 1.54) is 6.21 Å². The fraction of sp³-hybridized carbons (Fsp3) is 0.227. The van der Waals surface area contributed by atoms with Crippen LogP contribution in [0.3, 0.4) is 0 Å². The Bertz CT molecular complexity index is 1070. The molecule has 1 heterocycles. The number of rotatable bonds is 7. The molecule has 0 saturated heterocycles. The second-order valence-electron chi connectivity index (χ2n) is 6.71. The second-order valence-corrected chi connectivity index (χ2v) is 7.56. The Morgan fingerprint density at radius 1 is 1.13 bits per heavy atom. The van der Waals surface area contributed by atoms with Crippen LogP contribution in [-0.2, 0) is 6.54 Å². The number of carbonyl (C=O) groups is 1. The number of ether oxygens (including phenoxy) is 2. The number of benzene rings is 2. The summed E-state index contributed by atoms with van der Waals surface area (Å²) in [5.74, 6) is 0.936. The molecule has 30 heavy (non-hydrogen) atoms. The fourth-order valence-electron chi connectivity index (χ4n) is 2.98. The SMILES string of the molecule is COc1cc(OC)c(C=NNC(=O)c2ccc(Cn3nc(C)cc3C)cc2)cc1Br. The third-order valence-corrected chi connectivity index (χ3v) is 5.15. The zero-order valence-corrected chi connectivity index (χ0v) is 18.9. The lowest BCUT2D eigenvalue weighted by Gasteiger charge is -2.09. The lowest BCUT2D eigenvalue weighted by atomic mass is 10.1. The summed E-state index contributed by atoms with van der Waals surface area (Å²) in [4.78, 5) is 12.4. The van der Waals surface area contributed by atoms with Gasteiger partial charge in [-0.1, -0.05) is 12.1 Å². The van der Waals surface area contributed by atoms with Crippen molar-refractivity contribution in [3.8, 4) is 11.5 Å². The van der Waals surface area contributed by atoms with Gasteiger partial charge in [-0.05, 0) is 59.6 Å². The molecule has 0 saturated carbocycles. The van der Waals surface area contributed by atoms with Crippen molar-refractivity contribution in [2.24, 2.45) is 5.10 Å². The number of aromatic nitrogens is 2. The molecule has 8 heteroatoms. The van der Waals surface area contributed by atoms with E-state index in [4.69, 9.17) is 9.47 Å². The summed E-state index contributed by atoms with van der Waals surface area (Å²) in [6.45, 7) is 4.65. The van der Waals surface area contributed by atoms with Gasteiger partial charge < -0.3 is 9.47 Å². The average Bonchev–Trinajstić information content (AvgIpc) is 3.05. The molecule has 7 nitrogen and oxygen atoms in total. The Morgan fingerprint density at radius 3 is 2.43 bits per heavy atom. The number of hydrogen-bond acceptors (Lipinski definition) is 5. The van der Waals surface area contributed by atoms with Gasteiger partial charge in [-0.25, -0.2) is 5.43 Å². The third-order valence-electron chi connectivity index (χ3n) is 4.53. The van der Waals surface area contributed by atoms with Gasteiger partial charge in [0.15, 0.2) is 0 Å². The van der Waals surface area contributed by atoms with Gasteiger partial charge in [0.2, 0.25) is 0 Å². The number of hydrazone groups is 1. The maximum Gasteiger partial charge on any atom is 0.271 e. The molecular formula is C22H23BrN4O3. The molecule has 0 aliphatic rings.